The smallest absolute Gasteiger partial charge is 0.305 e. The lowest BCUT2D eigenvalue weighted by molar-refractivity contribution is -0.142. The van der Waals surface area contributed by atoms with Crippen LogP contribution < -0.4 is 53.6 Å². The molecule has 9 atom stereocenters. The first kappa shape index (κ1) is 67.1. The molecule has 0 bridgehead atoms. The Labute approximate surface area is 430 Å². The van der Waals surface area contributed by atoms with Crippen molar-refractivity contribution in [3.63, 3.8) is 0 Å². The van der Waals surface area contributed by atoms with Crippen LogP contribution in [0.25, 0.3) is 0 Å². The van der Waals surface area contributed by atoms with Gasteiger partial charge in [0.1, 0.15) is 48.3 Å². The van der Waals surface area contributed by atoms with Gasteiger partial charge in [-0.25, -0.2) is 0 Å². The van der Waals surface area contributed by atoms with Gasteiger partial charge in [-0.1, -0.05) is 98.8 Å². The molecule has 74 heavy (non-hydrogen) atoms. The van der Waals surface area contributed by atoms with E-state index in [1.54, 1.807) is 20.8 Å². The van der Waals surface area contributed by atoms with Crippen LogP contribution in [0.1, 0.15) is 157 Å². The molecule has 0 heterocycles. The second kappa shape index (κ2) is 36.9. The number of aliphatic carboxylic acids is 4. The molecule has 0 aliphatic heterocycles. The zero-order valence-corrected chi connectivity index (χ0v) is 43.3. The van der Waals surface area contributed by atoms with E-state index in [4.69, 9.17) is 5.73 Å². The van der Waals surface area contributed by atoms with E-state index >= 15 is 0 Å². The third-order valence-corrected chi connectivity index (χ3v) is 11.5. The standard InChI is InChI=1S/C47H80N10O17/c1-7-12-17-26(39(48)66)50-44(71)31(22-35(58)59)55-41(68)28(19-14-9-3)52-46(73)33(24-37(62)63)57-43(70)30(21-16-11-5)53-47(74)34(25-38(64)65)56-42(69)29(20-15-10-4)51-45(72)32(23-36(60)61)54-40(67)27(49-6)18-13-8-2/h26-34,49H,7-25H2,1-6H3,(H2,48,66)(H,50,71)(H,51,72)(H,52,73)(H,53,74)(H,54,67)(H,55,68)(H,56,69)(H,57,70)(H,58,59)(H,60,61)(H,62,63)(H,64,65)/t26?,27?,28?,29?,30?,31-,32-,33-,34-/m0/s1. The number of hydrogen-bond acceptors (Lipinski definition) is 14. The number of hydrogen-bond donors (Lipinski definition) is 14. The predicted molar refractivity (Wildman–Crippen MR) is 264 cm³/mol. The summed E-state index contributed by atoms with van der Waals surface area (Å²) < 4.78 is 0. The number of carbonyl (C=O) groups excluding carboxylic acids is 9. The lowest BCUT2D eigenvalue weighted by Gasteiger charge is -2.27. The Morgan fingerprint density at radius 3 is 0.689 bits per heavy atom. The molecule has 0 rings (SSSR count). The fourth-order valence-corrected chi connectivity index (χ4v) is 7.25. The number of nitrogens with two attached hydrogens (primary N) is 1. The minimum Gasteiger partial charge on any atom is -0.481 e. The first-order chi connectivity index (χ1) is 34.9. The average Bonchev–Trinajstić information content (AvgIpc) is 3.32. The number of carbonyl (C=O) groups is 13. The molecular weight excluding hydrogens is 977 g/mol. The number of nitrogens with one attached hydrogen (secondary N) is 9. The van der Waals surface area contributed by atoms with Gasteiger partial charge in [-0.05, 0) is 39.2 Å². The number of likely N-dealkylation sites (N-methyl/N-ethyl adjacent to an activating group) is 1. The minimum absolute atomic E-state index is 0.0802. The van der Waals surface area contributed by atoms with Gasteiger partial charge in [0, 0.05) is 0 Å². The van der Waals surface area contributed by atoms with E-state index in [1.165, 1.54) is 7.05 Å². The van der Waals surface area contributed by atoms with E-state index in [1.807, 2.05) is 13.8 Å². The number of amides is 9. The topological polar surface area (TPSA) is 437 Å². The molecule has 0 aliphatic rings. The molecule has 27 heteroatoms. The Morgan fingerprint density at radius 2 is 0.486 bits per heavy atom. The maximum atomic E-state index is 13.9. The molecule has 0 aromatic rings. The van der Waals surface area contributed by atoms with Gasteiger partial charge in [0.15, 0.2) is 0 Å². The Balaban J connectivity index is 6.67. The van der Waals surface area contributed by atoms with Crippen molar-refractivity contribution < 1.29 is 82.8 Å². The van der Waals surface area contributed by atoms with Crippen LogP contribution in [-0.2, 0) is 62.3 Å². The van der Waals surface area contributed by atoms with Gasteiger partial charge in [-0.3, -0.25) is 62.3 Å². The molecule has 0 fully saturated rings. The molecule has 27 nitrogen and oxygen atoms in total. The van der Waals surface area contributed by atoms with Gasteiger partial charge < -0.3 is 74.0 Å². The summed E-state index contributed by atoms with van der Waals surface area (Å²) in [4.78, 5) is 168. The van der Waals surface area contributed by atoms with E-state index in [9.17, 15) is 82.8 Å². The molecule has 0 aromatic heterocycles. The van der Waals surface area contributed by atoms with Crippen LogP contribution in [0.5, 0.6) is 0 Å². The second-order valence-corrected chi connectivity index (χ2v) is 17.8. The first-order valence-electron chi connectivity index (χ1n) is 25.2. The molecule has 0 spiro atoms. The maximum absolute atomic E-state index is 13.9. The van der Waals surface area contributed by atoms with E-state index in [2.05, 4.69) is 47.9 Å². The van der Waals surface area contributed by atoms with E-state index < -0.39 is 157 Å². The Morgan fingerprint density at radius 1 is 0.311 bits per heavy atom. The van der Waals surface area contributed by atoms with Crippen molar-refractivity contribution >= 4 is 77.0 Å². The summed E-state index contributed by atoms with van der Waals surface area (Å²) in [5, 5.41) is 60.0. The minimum atomic E-state index is -1.93. The molecule has 15 N–H and O–H groups in total. The molecule has 0 aliphatic carbocycles. The summed E-state index contributed by atoms with van der Waals surface area (Å²) in [7, 11) is 1.51. The summed E-state index contributed by atoms with van der Waals surface area (Å²) in [6.45, 7) is 8.94. The number of rotatable bonds is 41. The van der Waals surface area contributed by atoms with Crippen molar-refractivity contribution in [2.75, 3.05) is 7.05 Å². The Bertz CT molecular complexity index is 1920. The van der Waals surface area contributed by atoms with Crippen LogP contribution in [0, 0.1) is 0 Å². The number of primary amides is 1. The summed E-state index contributed by atoms with van der Waals surface area (Å²) >= 11 is 0. The summed E-state index contributed by atoms with van der Waals surface area (Å²) in [5.74, 6) is -15.6. The van der Waals surface area contributed by atoms with E-state index in [-0.39, 0.29) is 38.5 Å². The van der Waals surface area contributed by atoms with Crippen molar-refractivity contribution in [3.8, 4) is 0 Å². The quantitative estimate of drug-likeness (QED) is 0.0341. The summed E-state index contributed by atoms with van der Waals surface area (Å²) in [5.41, 5.74) is 5.41. The molecule has 0 aromatic carbocycles. The third-order valence-electron chi connectivity index (χ3n) is 11.5. The lowest BCUT2D eigenvalue weighted by atomic mass is 10.0. The van der Waals surface area contributed by atoms with Crippen molar-refractivity contribution in [3.05, 3.63) is 0 Å². The van der Waals surface area contributed by atoms with Crippen LogP contribution in [0.3, 0.4) is 0 Å². The monoisotopic (exact) mass is 1060 g/mol. The number of carboxylic acid groups (broad SMARTS) is 4. The molecule has 5 unspecified atom stereocenters. The normalized spacial score (nSPS) is 14.6. The molecular formula is C47H80N10O17. The van der Waals surface area contributed by atoms with Crippen LogP contribution in [-0.4, -0.2) is 159 Å². The lowest BCUT2D eigenvalue weighted by Crippen LogP contribution is -2.61. The van der Waals surface area contributed by atoms with Gasteiger partial charge >= 0.3 is 23.9 Å². The van der Waals surface area contributed by atoms with Crippen LogP contribution in [0.15, 0.2) is 0 Å². The Hall–Kier alpha value is -6.93. The van der Waals surface area contributed by atoms with Crippen molar-refractivity contribution in [2.45, 2.75) is 211 Å². The van der Waals surface area contributed by atoms with Crippen LogP contribution in [0.4, 0.5) is 0 Å². The molecule has 420 valence electrons. The molecule has 0 saturated heterocycles. The van der Waals surface area contributed by atoms with Crippen LogP contribution >= 0.6 is 0 Å². The molecule has 9 amide bonds. The maximum Gasteiger partial charge on any atom is 0.305 e. The van der Waals surface area contributed by atoms with Gasteiger partial charge in [0.2, 0.25) is 53.2 Å². The first-order valence-corrected chi connectivity index (χ1v) is 25.2. The number of carboxylic acids is 4. The highest BCUT2D eigenvalue weighted by Crippen LogP contribution is 2.11. The second-order valence-electron chi connectivity index (χ2n) is 17.8. The Kier molecular flexibility index (Phi) is 33.4. The zero-order valence-electron chi connectivity index (χ0n) is 43.3. The summed E-state index contributed by atoms with van der Waals surface area (Å²) in [6, 6.07) is -13.8. The van der Waals surface area contributed by atoms with Crippen molar-refractivity contribution in [2.24, 2.45) is 5.73 Å². The van der Waals surface area contributed by atoms with E-state index in [0.29, 0.717) is 51.4 Å². The van der Waals surface area contributed by atoms with Gasteiger partial charge in [-0.15, -0.1) is 0 Å². The average molecular weight is 1060 g/mol. The highest BCUT2D eigenvalue weighted by Gasteiger charge is 2.36. The highest BCUT2D eigenvalue weighted by molar-refractivity contribution is 6.00. The van der Waals surface area contributed by atoms with Gasteiger partial charge in [-0.2, -0.15) is 0 Å². The van der Waals surface area contributed by atoms with E-state index in [0.717, 1.165) is 6.42 Å². The molecule has 0 radical (unpaired) electrons. The predicted octanol–water partition coefficient (Wildman–Crippen LogP) is -1.21. The zero-order chi connectivity index (χ0) is 56.5. The van der Waals surface area contributed by atoms with Gasteiger partial charge in [0.25, 0.3) is 0 Å². The third kappa shape index (κ3) is 27.2. The fourth-order valence-electron chi connectivity index (χ4n) is 7.25. The number of unbranched alkanes of at least 4 members (excludes halogenated alkanes) is 5. The van der Waals surface area contributed by atoms with Crippen molar-refractivity contribution in [1.82, 2.24) is 47.9 Å². The SMILES string of the molecule is CCCCC(NC(=O)[C@H](CC(=O)O)NC(=O)C(CCCC)NC(=O)[C@H](CC(=O)O)NC(=O)C(CCCC)NC(=O)[C@H](CC(=O)O)NC(=O)C(CCCC)NC(=O)[C@H](CC(=O)O)NC(=O)C(CCCC)NC)C(N)=O. The largest absolute Gasteiger partial charge is 0.481 e. The summed E-state index contributed by atoms with van der Waals surface area (Å²) in [6.07, 6.45) is 0.886. The van der Waals surface area contributed by atoms with Crippen molar-refractivity contribution in [1.29, 1.82) is 0 Å². The van der Waals surface area contributed by atoms with Gasteiger partial charge in [0.05, 0.1) is 31.7 Å². The highest BCUT2D eigenvalue weighted by atomic mass is 16.4. The molecule has 0 saturated carbocycles. The van der Waals surface area contributed by atoms with Crippen LogP contribution in [0.2, 0.25) is 0 Å². The fraction of sp³-hybridized carbons (Fsp3) is 0.723.